The molecule has 0 saturated carbocycles. The molecule has 1 N–H and O–H groups in total. The summed E-state index contributed by atoms with van der Waals surface area (Å²) in [5.74, 6) is -1.02. The van der Waals surface area contributed by atoms with E-state index >= 15 is 0 Å². The van der Waals surface area contributed by atoms with Gasteiger partial charge in [-0.25, -0.2) is 9.78 Å². The van der Waals surface area contributed by atoms with E-state index in [9.17, 15) is 4.79 Å². The molecule has 0 aliphatic carbocycles. The van der Waals surface area contributed by atoms with E-state index < -0.39 is 5.97 Å². The van der Waals surface area contributed by atoms with Crippen molar-refractivity contribution in [3.63, 3.8) is 0 Å². The first kappa shape index (κ1) is 8.25. The fourth-order valence-corrected chi connectivity index (χ4v) is 1.54. The first-order valence-corrected chi connectivity index (χ1v) is 4.24. The van der Waals surface area contributed by atoms with Gasteiger partial charge in [0.15, 0.2) is 12.0 Å². The first-order chi connectivity index (χ1) is 6.18. The predicted octanol–water partition coefficient (Wildman–Crippen LogP) is 2.29. The summed E-state index contributed by atoms with van der Waals surface area (Å²) in [6.07, 6.45) is 1.23. The highest BCUT2D eigenvalue weighted by Gasteiger charge is 2.12. The number of oxazole rings is 1. The number of aromatic carboxylic acids is 1. The van der Waals surface area contributed by atoms with Crippen LogP contribution in [0.25, 0.3) is 11.1 Å². The second-order valence-corrected chi connectivity index (χ2v) is 3.37. The normalized spacial score (nSPS) is 10.5. The van der Waals surface area contributed by atoms with Gasteiger partial charge in [0.1, 0.15) is 11.1 Å². The van der Waals surface area contributed by atoms with Crippen molar-refractivity contribution in [1.29, 1.82) is 0 Å². The van der Waals surface area contributed by atoms with E-state index in [-0.39, 0.29) is 5.56 Å². The lowest BCUT2D eigenvalue weighted by Gasteiger charge is -1.95. The fraction of sp³-hybridized carbons (Fsp3) is 0. The lowest BCUT2D eigenvalue weighted by molar-refractivity contribution is 0.0698. The van der Waals surface area contributed by atoms with Crippen LogP contribution in [0.1, 0.15) is 10.4 Å². The maximum Gasteiger partial charge on any atom is 0.339 e. The van der Waals surface area contributed by atoms with Crippen LogP contribution in [-0.2, 0) is 0 Å². The van der Waals surface area contributed by atoms with Gasteiger partial charge in [-0.05, 0) is 12.1 Å². The molecule has 0 atom stereocenters. The summed E-state index contributed by atoms with van der Waals surface area (Å²) in [6.45, 7) is 0. The lowest BCUT2D eigenvalue weighted by atomic mass is 10.2. The SMILES string of the molecule is O=C(O)c1cc(Br)cc2ncoc12. The summed E-state index contributed by atoms with van der Waals surface area (Å²) in [7, 11) is 0. The number of rotatable bonds is 1. The predicted molar refractivity (Wildman–Crippen MR) is 48.7 cm³/mol. The summed E-state index contributed by atoms with van der Waals surface area (Å²) in [6, 6.07) is 3.18. The third kappa shape index (κ3) is 1.31. The number of halogens is 1. The summed E-state index contributed by atoms with van der Waals surface area (Å²) in [5, 5.41) is 8.82. The van der Waals surface area contributed by atoms with Crippen molar-refractivity contribution in [2.75, 3.05) is 0 Å². The van der Waals surface area contributed by atoms with Gasteiger partial charge in [-0.2, -0.15) is 0 Å². The highest BCUT2D eigenvalue weighted by Crippen LogP contribution is 2.23. The number of carboxylic acids is 1. The van der Waals surface area contributed by atoms with E-state index in [1.54, 1.807) is 6.07 Å². The Hall–Kier alpha value is -1.36. The number of carboxylic acid groups (broad SMARTS) is 1. The first-order valence-electron chi connectivity index (χ1n) is 3.44. The van der Waals surface area contributed by atoms with Gasteiger partial charge in [-0.3, -0.25) is 0 Å². The van der Waals surface area contributed by atoms with Gasteiger partial charge in [-0.1, -0.05) is 15.9 Å². The van der Waals surface area contributed by atoms with Gasteiger partial charge in [0.05, 0.1) is 0 Å². The summed E-state index contributed by atoms with van der Waals surface area (Å²) in [4.78, 5) is 14.6. The van der Waals surface area contributed by atoms with Gasteiger partial charge < -0.3 is 9.52 Å². The molecule has 66 valence electrons. The second kappa shape index (κ2) is 2.85. The molecule has 0 bridgehead atoms. The van der Waals surface area contributed by atoms with E-state index in [0.29, 0.717) is 15.6 Å². The molecular formula is C8H4BrNO3. The van der Waals surface area contributed by atoms with Crippen LogP contribution in [0.2, 0.25) is 0 Å². The van der Waals surface area contributed by atoms with Gasteiger partial charge in [0.2, 0.25) is 0 Å². The van der Waals surface area contributed by atoms with Crippen molar-refractivity contribution in [2.45, 2.75) is 0 Å². The molecule has 0 unspecified atom stereocenters. The third-order valence-electron chi connectivity index (χ3n) is 1.63. The number of aromatic nitrogens is 1. The molecule has 1 heterocycles. The van der Waals surface area contributed by atoms with E-state index in [1.165, 1.54) is 12.5 Å². The average molecular weight is 242 g/mol. The van der Waals surface area contributed by atoms with Crippen LogP contribution in [0.3, 0.4) is 0 Å². The summed E-state index contributed by atoms with van der Waals surface area (Å²) in [5.41, 5.74) is 0.948. The zero-order chi connectivity index (χ0) is 9.42. The molecule has 0 amide bonds. The number of fused-ring (bicyclic) bond motifs is 1. The van der Waals surface area contributed by atoms with Crippen LogP contribution in [0.15, 0.2) is 27.4 Å². The van der Waals surface area contributed by atoms with Crippen molar-refractivity contribution in [3.05, 3.63) is 28.6 Å². The Morgan fingerprint density at radius 3 is 3.00 bits per heavy atom. The maximum atomic E-state index is 10.8. The second-order valence-electron chi connectivity index (χ2n) is 2.46. The lowest BCUT2D eigenvalue weighted by Crippen LogP contribution is -1.96. The molecule has 5 heteroatoms. The smallest absolute Gasteiger partial charge is 0.339 e. The third-order valence-corrected chi connectivity index (χ3v) is 2.08. The van der Waals surface area contributed by atoms with E-state index in [1.807, 2.05) is 0 Å². The number of carbonyl (C=O) groups is 1. The molecule has 0 fully saturated rings. The van der Waals surface area contributed by atoms with E-state index in [4.69, 9.17) is 9.52 Å². The largest absolute Gasteiger partial charge is 0.478 e. The summed E-state index contributed by atoms with van der Waals surface area (Å²) < 4.78 is 5.63. The van der Waals surface area contributed by atoms with Crippen LogP contribution in [0, 0.1) is 0 Å². The Balaban J connectivity index is 2.84. The number of nitrogens with zero attached hydrogens (tertiary/aromatic N) is 1. The Labute approximate surface area is 81.3 Å². The molecular weight excluding hydrogens is 238 g/mol. The van der Waals surface area contributed by atoms with Crippen LogP contribution < -0.4 is 0 Å². The average Bonchev–Trinajstić information content (AvgIpc) is 2.49. The minimum atomic E-state index is -1.02. The maximum absolute atomic E-state index is 10.8. The fourth-order valence-electron chi connectivity index (χ4n) is 1.09. The van der Waals surface area contributed by atoms with Crippen LogP contribution in [-0.4, -0.2) is 16.1 Å². The molecule has 0 aliphatic heterocycles. The minimum absolute atomic E-state index is 0.113. The molecule has 2 aromatic rings. The highest BCUT2D eigenvalue weighted by molar-refractivity contribution is 9.10. The van der Waals surface area contributed by atoms with Gasteiger partial charge >= 0.3 is 5.97 Å². The molecule has 0 saturated heterocycles. The van der Waals surface area contributed by atoms with Crippen molar-refractivity contribution >= 4 is 33.0 Å². The van der Waals surface area contributed by atoms with Crippen molar-refractivity contribution in [2.24, 2.45) is 0 Å². The molecule has 0 spiro atoms. The number of hydrogen-bond acceptors (Lipinski definition) is 3. The van der Waals surface area contributed by atoms with Gasteiger partial charge in [0, 0.05) is 4.47 Å². The zero-order valence-electron chi connectivity index (χ0n) is 6.32. The standard InChI is InChI=1S/C8H4BrNO3/c9-4-1-5(8(11)12)7-6(2-4)10-3-13-7/h1-3H,(H,11,12). The highest BCUT2D eigenvalue weighted by atomic mass is 79.9. The summed E-state index contributed by atoms with van der Waals surface area (Å²) >= 11 is 3.19. The van der Waals surface area contributed by atoms with Gasteiger partial charge in [-0.15, -0.1) is 0 Å². The van der Waals surface area contributed by atoms with E-state index in [0.717, 1.165) is 0 Å². The van der Waals surface area contributed by atoms with E-state index in [2.05, 4.69) is 20.9 Å². The van der Waals surface area contributed by atoms with Gasteiger partial charge in [0.25, 0.3) is 0 Å². The zero-order valence-corrected chi connectivity index (χ0v) is 7.91. The molecule has 13 heavy (non-hydrogen) atoms. The number of benzene rings is 1. The van der Waals surface area contributed by atoms with Crippen molar-refractivity contribution in [3.8, 4) is 0 Å². The van der Waals surface area contributed by atoms with Crippen molar-refractivity contribution < 1.29 is 14.3 Å². The topological polar surface area (TPSA) is 63.3 Å². The monoisotopic (exact) mass is 241 g/mol. The Morgan fingerprint density at radius 2 is 2.31 bits per heavy atom. The minimum Gasteiger partial charge on any atom is -0.478 e. The quantitative estimate of drug-likeness (QED) is 0.833. The van der Waals surface area contributed by atoms with Crippen molar-refractivity contribution in [1.82, 2.24) is 4.98 Å². The molecule has 2 rings (SSSR count). The molecule has 1 aromatic heterocycles. The Kier molecular flexibility index (Phi) is 1.81. The molecule has 4 nitrogen and oxygen atoms in total. The van der Waals surface area contributed by atoms with Crippen LogP contribution in [0.4, 0.5) is 0 Å². The van der Waals surface area contributed by atoms with Crippen LogP contribution in [0.5, 0.6) is 0 Å². The Morgan fingerprint density at radius 1 is 1.54 bits per heavy atom. The molecule has 0 aliphatic rings. The van der Waals surface area contributed by atoms with Crippen LogP contribution >= 0.6 is 15.9 Å². The number of hydrogen-bond donors (Lipinski definition) is 1. The Bertz CT molecular complexity index is 477. The molecule has 1 aromatic carbocycles. The molecule has 0 radical (unpaired) electrons.